The summed E-state index contributed by atoms with van der Waals surface area (Å²) in [5.74, 6) is 0.223. The topological polar surface area (TPSA) is 54.9 Å². The average Bonchev–Trinajstić information content (AvgIpc) is 3.12. The first-order valence-corrected chi connectivity index (χ1v) is 9.30. The van der Waals surface area contributed by atoms with E-state index in [1.165, 1.54) is 22.1 Å². The van der Waals surface area contributed by atoms with Gasteiger partial charge in [0.1, 0.15) is 19.5 Å². The van der Waals surface area contributed by atoms with Crippen molar-refractivity contribution in [2.45, 2.75) is 13.8 Å². The number of aromatic nitrogens is 1. The lowest BCUT2D eigenvalue weighted by atomic mass is 10.1. The molecule has 0 bridgehead atoms. The Bertz CT molecular complexity index is 798. The predicted molar refractivity (Wildman–Crippen MR) is 97.9 cm³/mol. The van der Waals surface area contributed by atoms with Gasteiger partial charge in [-0.1, -0.05) is 23.5 Å². The molecule has 0 unspecified atom stereocenters. The molecule has 132 valence electrons. The monoisotopic (exact) mass is 359 g/mol. The highest BCUT2D eigenvalue weighted by Gasteiger charge is 2.27. The van der Waals surface area contributed by atoms with E-state index in [0.717, 1.165) is 23.7 Å². The van der Waals surface area contributed by atoms with Crippen LogP contribution in [0.15, 0.2) is 24.2 Å². The standard InChI is InChI=1S/C18H21N3O3S/c1-12-3-4-13(2)16-15(12)19-18(25-16)21-7-5-20(6-8-21)17(22)14-11-23-9-10-24-14/h3-4,11H,5-10H2,1-2H3. The number of anilines is 1. The number of piperazine rings is 1. The van der Waals surface area contributed by atoms with Gasteiger partial charge in [-0.05, 0) is 25.0 Å². The maximum Gasteiger partial charge on any atom is 0.292 e. The summed E-state index contributed by atoms with van der Waals surface area (Å²) < 4.78 is 11.8. The van der Waals surface area contributed by atoms with Crippen LogP contribution in [0.3, 0.4) is 0 Å². The van der Waals surface area contributed by atoms with Gasteiger partial charge in [0.2, 0.25) is 5.76 Å². The van der Waals surface area contributed by atoms with E-state index >= 15 is 0 Å². The molecule has 0 radical (unpaired) electrons. The second-order valence-electron chi connectivity index (χ2n) is 6.35. The molecule has 0 aliphatic carbocycles. The fourth-order valence-electron chi connectivity index (χ4n) is 3.12. The van der Waals surface area contributed by atoms with Crippen molar-refractivity contribution in [3.63, 3.8) is 0 Å². The lowest BCUT2D eigenvalue weighted by Gasteiger charge is -2.35. The third-order valence-corrected chi connectivity index (χ3v) is 5.88. The summed E-state index contributed by atoms with van der Waals surface area (Å²) in [4.78, 5) is 21.4. The van der Waals surface area contributed by atoms with Gasteiger partial charge in [0.25, 0.3) is 5.91 Å². The highest BCUT2D eigenvalue weighted by Crippen LogP contribution is 2.33. The number of ether oxygens (including phenoxy) is 2. The van der Waals surface area contributed by atoms with Gasteiger partial charge >= 0.3 is 0 Å². The minimum Gasteiger partial charge on any atom is -0.494 e. The number of carbonyl (C=O) groups excluding carboxylic acids is 1. The zero-order valence-corrected chi connectivity index (χ0v) is 15.3. The van der Waals surface area contributed by atoms with E-state index in [-0.39, 0.29) is 5.91 Å². The largest absolute Gasteiger partial charge is 0.494 e. The zero-order valence-electron chi connectivity index (χ0n) is 14.4. The summed E-state index contributed by atoms with van der Waals surface area (Å²) in [6, 6.07) is 4.27. The Morgan fingerprint density at radius 1 is 1.12 bits per heavy atom. The van der Waals surface area contributed by atoms with Gasteiger partial charge in [0.15, 0.2) is 5.13 Å². The average molecular weight is 359 g/mol. The van der Waals surface area contributed by atoms with Gasteiger partial charge in [0.05, 0.1) is 10.2 Å². The lowest BCUT2D eigenvalue weighted by molar-refractivity contribution is -0.132. The van der Waals surface area contributed by atoms with Gasteiger partial charge in [-0.15, -0.1) is 0 Å². The minimum atomic E-state index is -0.0876. The van der Waals surface area contributed by atoms with Crippen LogP contribution in [0.2, 0.25) is 0 Å². The first-order valence-electron chi connectivity index (χ1n) is 8.49. The minimum absolute atomic E-state index is 0.0876. The van der Waals surface area contributed by atoms with Gasteiger partial charge in [0, 0.05) is 26.2 Å². The van der Waals surface area contributed by atoms with Crippen LogP contribution < -0.4 is 4.90 Å². The molecule has 7 heteroatoms. The van der Waals surface area contributed by atoms with Gasteiger partial charge < -0.3 is 19.3 Å². The van der Waals surface area contributed by atoms with Gasteiger partial charge in [-0.3, -0.25) is 4.79 Å². The van der Waals surface area contributed by atoms with Crippen molar-refractivity contribution < 1.29 is 14.3 Å². The molecule has 1 saturated heterocycles. The van der Waals surface area contributed by atoms with Crippen molar-refractivity contribution >= 4 is 32.6 Å². The number of amides is 1. The van der Waals surface area contributed by atoms with Crippen molar-refractivity contribution in [1.29, 1.82) is 0 Å². The smallest absolute Gasteiger partial charge is 0.292 e. The first kappa shape index (κ1) is 16.2. The fraction of sp³-hybridized carbons (Fsp3) is 0.444. The van der Waals surface area contributed by atoms with Crippen molar-refractivity contribution in [1.82, 2.24) is 9.88 Å². The number of rotatable bonds is 2. The molecular weight excluding hydrogens is 338 g/mol. The Morgan fingerprint density at radius 2 is 1.88 bits per heavy atom. The fourth-order valence-corrected chi connectivity index (χ4v) is 4.28. The number of nitrogens with zero attached hydrogens (tertiary/aromatic N) is 3. The first-order chi connectivity index (χ1) is 12.1. The number of fused-ring (bicyclic) bond motifs is 1. The number of hydrogen-bond acceptors (Lipinski definition) is 6. The van der Waals surface area contributed by atoms with Crippen LogP contribution in [0, 0.1) is 13.8 Å². The summed E-state index contributed by atoms with van der Waals surface area (Å²) >= 11 is 1.74. The molecule has 2 aromatic rings. The predicted octanol–water partition coefficient (Wildman–Crippen LogP) is 2.45. The quantitative estimate of drug-likeness (QED) is 0.824. The van der Waals surface area contributed by atoms with Crippen LogP contribution in [0.1, 0.15) is 11.1 Å². The Kier molecular flexibility index (Phi) is 4.25. The number of carbonyl (C=O) groups is 1. The van der Waals surface area contributed by atoms with E-state index in [4.69, 9.17) is 14.5 Å². The second kappa shape index (κ2) is 6.55. The van der Waals surface area contributed by atoms with E-state index in [2.05, 4.69) is 30.9 Å². The molecule has 4 rings (SSSR count). The van der Waals surface area contributed by atoms with Crippen molar-refractivity contribution in [2.75, 3.05) is 44.3 Å². The molecule has 1 fully saturated rings. The molecule has 0 spiro atoms. The summed E-state index contributed by atoms with van der Waals surface area (Å²) in [6.45, 7) is 8.03. The van der Waals surface area contributed by atoms with Crippen LogP contribution in [0.4, 0.5) is 5.13 Å². The molecule has 25 heavy (non-hydrogen) atoms. The normalized spacial score (nSPS) is 17.9. The number of thiazole rings is 1. The number of benzene rings is 1. The summed E-state index contributed by atoms with van der Waals surface area (Å²) in [6.07, 6.45) is 1.43. The van der Waals surface area contributed by atoms with Gasteiger partial charge in [-0.2, -0.15) is 0 Å². The molecule has 0 atom stereocenters. The van der Waals surface area contributed by atoms with E-state index < -0.39 is 0 Å². The molecule has 1 aromatic carbocycles. The number of hydrogen-bond donors (Lipinski definition) is 0. The van der Waals surface area contributed by atoms with Crippen LogP contribution in [0.25, 0.3) is 10.2 Å². The Balaban J connectivity index is 1.47. The molecule has 3 heterocycles. The Hall–Kier alpha value is -2.28. The second-order valence-corrected chi connectivity index (χ2v) is 7.33. The van der Waals surface area contributed by atoms with Crippen LogP contribution in [-0.4, -0.2) is 55.2 Å². The molecule has 1 aromatic heterocycles. The summed E-state index contributed by atoms with van der Waals surface area (Å²) in [7, 11) is 0. The van der Waals surface area contributed by atoms with Crippen LogP contribution in [-0.2, 0) is 14.3 Å². The molecule has 0 N–H and O–H groups in total. The molecule has 6 nitrogen and oxygen atoms in total. The molecule has 1 amide bonds. The van der Waals surface area contributed by atoms with Crippen LogP contribution >= 0.6 is 11.3 Å². The molecule has 2 aliphatic rings. The maximum absolute atomic E-state index is 12.4. The molecule has 0 saturated carbocycles. The van der Waals surface area contributed by atoms with Crippen molar-refractivity contribution in [3.8, 4) is 0 Å². The lowest BCUT2D eigenvalue weighted by Crippen LogP contribution is -2.49. The van der Waals surface area contributed by atoms with Crippen molar-refractivity contribution in [3.05, 3.63) is 35.3 Å². The summed E-state index contributed by atoms with van der Waals surface area (Å²) in [5.41, 5.74) is 3.56. The highest BCUT2D eigenvalue weighted by atomic mass is 32.1. The SMILES string of the molecule is Cc1ccc(C)c2sc(N3CCN(C(=O)C4=COCCO4)CC3)nc12. The van der Waals surface area contributed by atoms with Crippen LogP contribution in [0.5, 0.6) is 0 Å². The van der Waals surface area contributed by atoms with Gasteiger partial charge in [-0.25, -0.2) is 4.98 Å². The van der Waals surface area contributed by atoms with Crippen molar-refractivity contribution in [2.24, 2.45) is 0 Å². The molecular formula is C18H21N3O3S. The third-order valence-electron chi connectivity index (χ3n) is 4.63. The third kappa shape index (κ3) is 3.04. The van der Waals surface area contributed by atoms with E-state index in [9.17, 15) is 4.79 Å². The molecule has 2 aliphatic heterocycles. The Morgan fingerprint density at radius 3 is 2.56 bits per heavy atom. The highest BCUT2D eigenvalue weighted by molar-refractivity contribution is 7.22. The number of aryl methyl sites for hydroxylation is 2. The van der Waals surface area contributed by atoms with E-state index in [1.807, 2.05) is 4.90 Å². The Labute approximate surface area is 150 Å². The maximum atomic E-state index is 12.4. The van der Waals surface area contributed by atoms with E-state index in [1.54, 1.807) is 11.3 Å². The summed E-state index contributed by atoms with van der Waals surface area (Å²) in [5, 5.41) is 1.04. The zero-order chi connectivity index (χ0) is 17.4. The van der Waals surface area contributed by atoms with E-state index in [0.29, 0.717) is 32.1 Å².